The summed E-state index contributed by atoms with van der Waals surface area (Å²) in [7, 11) is 0. The minimum atomic E-state index is -0.238. The second kappa shape index (κ2) is 7.78. The lowest BCUT2D eigenvalue weighted by atomic mass is 9.76. The number of aliphatic hydroxyl groups excluding tert-OH is 1. The number of carbonyl (C=O) groups is 1. The normalized spacial score (nSPS) is 29.0. The monoisotopic (exact) mass is 373 g/mol. The Balaban J connectivity index is 1.30. The standard InChI is InChI=1S/C21H31N3O3/c1-17-3-2-4-19(11-17)23-8-6-22(7-9-23)13-20(26)24-12-18-5-10-27-16-21(18,14-24)15-25/h2-4,11,18,25H,5-10,12-16H2,1H3/t18-,21+/m0/s1. The zero-order valence-corrected chi connectivity index (χ0v) is 16.3. The molecule has 0 spiro atoms. The SMILES string of the molecule is Cc1cccc(N2CCN(CC(=O)N3C[C@@H]4CCOC[C@]4(CO)C3)CC2)c1. The van der Waals surface area contributed by atoms with Crippen molar-refractivity contribution in [3.05, 3.63) is 29.8 Å². The molecule has 3 aliphatic heterocycles. The molecular weight excluding hydrogens is 342 g/mol. The maximum absolute atomic E-state index is 12.9. The second-order valence-corrected chi connectivity index (χ2v) is 8.44. The Bertz CT molecular complexity index is 674. The molecule has 3 aliphatic rings. The van der Waals surface area contributed by atoms with Crippen molar-refractivity contribution in [1.29, 1.82) is 0 Å². The number of amides is 1. The smallest absolute Gasteiger partial charge is 0.236 e. The molecule has 3 fully saturated rings. The summed E-state index contributed by atoms with van der Waals surface area (Å²) in [5.41, 5.74) is 2.31. The summed E-state index contributed by atoms with van der Waals surface area (Å²) in [6.45, 7) is 9.16. The van der Waals surface area contributed by atoms with E-state index in [-0.39, 0.29) is 17.9 Å². The summed E-state index contributed by atoms with van der Waals surface area (Å²) in [5.74, 6) is 0.569. The quantitative estimate of drug-likeness (QED) is 0.853. The fourth-order valence-electron chi connectivity index (χ4n) is 4.79. The van der Waals surface area contributed by atoms with Crippen LogP contribution in [0.25, 0.3) is 0 Å². The largest absolute Gasteiger partial charge is 0.396 e. The van der Waals surface area contributed by atoms with Gasteiger partial charge in [0.1, 0.15) is 0 Å². The second-order valence-electron chi connectivity index (χ2n) is 8.44. The molecule has 0 unspecified atom stereocenters. The molecule has 27 heavy (non-hydrogen) atoms. The maximum atomic E-state index is 12.9. The minimum absolute atomic E-state index is 0.108. The number of likely N-dealkylation sites (tertiary alicyclic amines) is 1. The molecule has 6 heteroatoms. The molecule has 0 radical (unpaired) electrons. The number of benzene rings is 1. The molecule has 0 aliphatic carbocycles. The molecule has 2 atom stereocenters. The number of aliphatic hydroxyl groups is 1. The van der Waals surface area contributed by atoms with Gasteiger partial charge < -0.3 is 19.6 Å². The van der Waals surface area contributed by atoms with E-state index >= 15 is 0 Å². The van der Waals surface area contributed by atoms with Crippen molar-refractivity contribution in [2.45, 2.75) is 13.3 Å². The molecule has 6 nitrogen and oxygen atoms in total. The van der Waals surface area contributed by atoms with E-state index in [0.29, 0.717) is 25.6 Å². The zero-order valence-electron chi connectivity index (χ0n) is 16.3. The van der Waals surface area contributed by atoms with Gasteiger partial charge in [0.05, 0.1) is 19.8 Å². The van der Waals surface area contributed by atoms with Gasteiger partial charge in [-0.1, -0.05) is 12.1 Å². The molecule has 1 aromatic rings. The number of carbonyl (C=O) groups excluding carboxylic acids is 1. The van der Waals surface area contributed by atoms with Gasteiger partial charge in [0.2, 0.25) is 5.91 Å². The zero-order chi connectivity index (χ0) is 18.9. The van der Waals surface area contributed by atoms with Gasteiger partial charge in [0.15, 0.2) is 0 Å². The van der Waals surface area contributed by atoms with E-state index in [9.17, 15) is 9.90 Å². The number of aryl methyl sites for hydroxylation is 1. The lowest BCUT2D eigenvalue weighted by molar-refractivity contribution is -0.132. The van der Waals surface area contributed by atoms with Crippen molar-refractivity contribution in [2.75, 3.05) is 70.5 Å². The van der Waals surface area contributed by atoms with E-state index in [4.69, 9.17) is 4.74 Å². The first-order valence-electron chi connectivity index (χ1n) is 10.1. The van der Waals surface area contributed by atoms with Crippen LogP contribution in [0.1, 0.15) is 12.0 Å². The van der Waals surface area contributed by atoms with Gasteiger partial charge in [-0.25, -0.2) is 0 Å². The topological polar surface area (TPSA) is 56.2 Å². The Hall–Kier alpha value is -1.63. The molecular formula is C21H31N3O3. The van der Waals surface area contributed by atoms with Crippen LogP contribution in [0.15, 0.2) is 24.3 Å². The van der Waals surface area contributed by atoms with Gasteiger partial charge in [-0.05, 0) is 37.0 Å². The molecule has 0 saturated carbocycles. The Kier molecular flexibility index (Phi) is 5.39. The highest BCUT2D eigenvalue weighted by molar-refractivity contribution is 5.78. The first kappa shape index (κ1) is 18.7. The number of hydrogen-bond donors (Lipinski definition) is 1. The third kappa shape index (κ3) is 3.84. The van der Waals surface area contributed by atoms with E-state index in [2.05, 4.69) is 41.0 Å². The van der Waals surface area contributed by atoms with Crippen LogP contribution in [-0.4, -0.2) is 86.4 Å². The van der Waals surface area contributed by atoms with Crippen molar-refractivity contribution in [3.8, 4) is 0 Å². The lowest BCUT2D eigenvalue weighted by Crippen LogP contribution is -2.50. The van der Waals surface area contributed by atoms with Crippen LogP contribution in [0.4, 0.5) is 5.69 Å². The number of piperazine rings is 1. The number of hydrogen-bond acceptors (Lipinski definition) is 5. The van der Waals surface area contributed by atoms with Crippen molar-refractivity contribution in [2.24, 2.45) is 11.3 Å². The summed E-state index contributed by atoms with van der Waals surface area (Å²) in [4.78, 5) is 19.5. The van der Waals surface area contributed by atoms with E-state index < -0.39 is 0 Å². The van der Waals surface area contributed by atoms with Gasteiger partial charge in [0, 0.05) is 57.0 Å². The van der Waals surface area contributed by atoms with Gasteiger partial charge >= 0.3 is 0 Å². The molecule has 1 amide bonds. The number of nitrogens with zero attached hydrogens (tertiary/aromatic N) is 3. The highest BCUT2D eigenvalue weighted by Gasteiger charge is 2.49. The predicted octanol–water partition coefficient (Wildman–Crippen LogP) is 0.974. The van der Waals surface area contributed by atoms with Gasteiger partial charge in [0.25, 0.3) is 0 Å². The highest BCUT2D eigenvalue weighted by atomic mass is 16.5. The summed E-state index contributed by atoms with van der Waals surface area (Å²) >= 11 is 0. The van der Waals surface area contributed by atoms with Crippen molar-refractivity contribution >= 4 is 11.6 Å². The highest BCUT2D eigenvalue weighted by Crippen LogP contribution is 2.41. The molecule has 1 aromatic carbocycles. The number of fused-ring (bicyclic) bond motifs is 1. The fraction of sp³-hybridized carbons (Fsp3) is 0.667. The molecule has 0 aromatic heterocycles. The third-order valence-electron chi connectivity index (χ3n) is 6.58. The Morgan fingerprint density at radius 1 is 1.30 bits per heavy atom. The Morgan fingerprint density at radius 3 is 2.81 bits per heavy atom. The summed E-state index contributed by atoms with van der Waals surface area (Å²) in [6, 6.07) is 8.61. The fourth-order valence-corrected chi connectivity index (χ4v) is 4.79. The number of rotatable bonds is 4. The van der Waals surface area contributed by atoms with Gasteiger partial charge in [-0.2, -0.15) is 0 Å². The number of ether oxygens (including phenoxy) is 1. The molecule has 0 bridgehead atoms. The molecule has 3 heterocycles. The first-order valence-corrected chi connectivity index (χ1v) is 10.1. The van der Waals surface area contributed by atoms with Crippen LogP contribution in [-0.2, 0) is 9.53 Å². The van der Waals surface area contributed by atoms with Gasteiger partial charge in [-0.15, -0.1) is 0 Å². The van der Waals surface area contributed by atoms with Crippen LogP contribution in [0.2, 0.25) is 0 Å². The van der Waals surface area contributed by atoms with Crippen molar-refractivity contribution < 1.29 is 14.6 Å². The van der Waals surface area contributed by atoms with E-state index in [1.165, 1.54) is 11.3 Å². The van der Waals surface area contributed by atoms with Crippen LogP contribution >= 0.6 is 0 Å². The van der Waals surface area contributed by atoms with Crippen LogP contribution in [0.3, 0.4) is 0 Å². The van der Waals surface area contributed by atoms with Crippen LogP contribution < -0.4 is 4.90 Å². The molecule has 148 valence electrons. The average molecular weight is 373 g/mol. The molecule has 4 rings (SSSR count). The third-order valence-corrected chi connectivity index (χ3v) is 6.58. The average Bonchev–Trinajstić information content (AvgIpc) is 3.09. The predicted molar refractivity (Wildman–Crippen MR) is 105 cm³/mol. The first-order chi connectivity index (χ1) is 13.1. The lowest BCUT2D eigenvalue weighted by Gasteiger charge is -2.37. The Labute approximate surface area is 161 Å². The summed E-state index contributed by atoms with van der Waals surface area (Å²) in [5, 5.41) is 9.90. The van der Waals surface area contributed by atoms with Crippen molar-refractivity contribution in [1.82, 2.24) is 9.80 Å². The van der Waals surface area contributed by atoms with Crippen LogP contribution in [0.5, 0.6) is 0 Å². The number of anilines is 1. The van der Waals surface area contributed by atoms with E-state index in [1.54, 1.807) is 0 Å². The van der Waals surface area contributed by atoms with Gasteiger partial charge in [-0.3, -0.25) is 9.69 Å². The summed E-state index contributed by atoms with van der Waals surface area (Å²) < 4.78 is 5.60. The maximum Gasteiger partial charge on any atom is 0.236 e. The van der Waals surface area contributed by atoms with E-state index in [0.717, 1.165) is 45.8 Å². The van der Waals surface area contributed by atoms with Crippen molar-refractivity contribution in [3.63, 3.8) is 0 Å². The van der Waals surface area contributed by atoms with E-state index in [1.807, 2.05) is 4.90 Å². The summed E-state index contributed by atoms with van der Waals surface area (Å²) in [6.07, 6.45) is 0.944. The van der Waals surface area contributed by atoms with Crippen LogP contribution in [0, 0.1) is 18.3 Å². The minimum Gasteiger partial charge on any atom is -0.396 e. The molecule has 3 saturated heterocycles. The Morgan fingerprint density at radius 2 is 2.11 bits per heavy atom. The molecule has 1 N–H and O–H groups in total.